The van der Waals surface area contributed by atoms with Gasteiger partial charge in [0, 0.05) is 23.2 Å². The number of benzene rings is 1. The van der Waals surface area contributed by atoms with Crippen molar-refractivity contribution in [3.63, 3.8) is 0 Å². The zero-order valence-electron chi connectivity index (χ0n) is 10.2. The Hall–Kier alpha value is -2.39. The fourth-order valence-corrected chi connectivity index (χ4v) is 2.51. The molecule has 0 amide bonds. The third-order valence-electron chi connectivity index (χ3n) is 2.73. The Kier molecular flexibility index (Phi) is 3.78. The molecule has 0 spiro atoms. The second-order valence-electron chi connectivity index (χ2n) is 3.98. The van der Waals surface area contributed by atoms with Crippen LogP contribution in [-0.2, 0) is 6.54 Å². The van der Waals surface area contributed by atoms with Crippen LogP contribution < -0.4 is 5.32 Å². The Morgan fingerprint density at radius 3 is 2.84 bits per heavy atom. The lowest BCUT2D eigenvalue weighted by Crippen LogP contribution is -2.00. The molecule has 5 nitrogen and oxygen atoms in total. The second-order valence-corrected chi connectivity index (χ2v) is 4.98. The minimum Gasteiger partial charge on any atom is -0.380 e. The molecule has 19 heavy (non-hydrogen) atoms. The van der Waals surface area contributed by atoms with Crippen LogP contribution >= 0.6 is 11.3 Å². The Morgan fingerprint density at radius 1 is 1.47 bits per heavy atom. The molecule has 0 unspecified atom stereocenters. The summed E-state index contributed by atoms with van der Waals surface area (Å²) in [5.74, 6) is 0. The molecule has 0 aliphatic carbocycles. The normalized spacial score (nSPS) is 9.89. The number of aryl methyl sites for hydroxylation is 1. The number of anilines is 1. The van der Waals surface area contributed by atoms with Crippen molar-refractivity contribution >= 4 is 22.7 Å². The van der Waals surface area contributed by atoms with Crippen LogP contribution in [0.25, 0.3) is 0 Å². The summed E-state index contributed by atoms with van der Waals surface area (Å²) in [5.41, 5.74) is 1.81. The van der Waals surface area contributed by atoms with Crippen LogP contribution in [0.5, 0.6) is 0 Å². The largest absolute Gasteiger partial charge is 0.380 e. The van der Waals surface area contributed by atoms with Gasteiger partial charge in [0.15, 0.2) is 0 Å². The number of nitriles is 1. The van der Waals surface area contributed by atoms with Crippen molar-refractivity contribution in [2.45, 2.75) is 13.5 Å². The number of hydrogen-bond donors (Lipinski definition) is 1. The summed E-state index contributed by atoms with van der Waals surface area (Å²) in [4.78, 5) is 11.4. The Balaban J connectivity index is 2.16. The standard InChI is InChI=1S/C13H11N3O2S/c1-9-4-5-19-13(9)8-15-11-2-3-12(16(17)18)10(6-11)7-14/h2-6,15H,8H2,1H3. The summed E-state index contributed by atoms with van der Waals surface area (Å²) in [6.45, 7) is 2.68. The van der Waals surface area contributed by atoms with Gasteiger partial charge in [-0.25, -0.2) is 0 Å². The highest BCUT2D eigenvalue weighted by Gasteiger charge is 2.13. The third kappa shape index (κ3) is 2.89. The molecule has 1 aromatic carbocycles. The lowest BCUT2D eigenvalue weighted by atomic mass is 10.1. The minimum absolute atomic E-state index is 0.0675. The van der Waals surface area contributed by atoms with E-state index >= 15 is 0 Å². The van der Waals surface area contributed by atoms with Crippen LogP contribution in [0.2, 0.25) is 0 Å². The van der Waals surface area contributed by atoms with Gasteiger partial charge < -0.3 is 5.32 Å². The molecule has 1 N–H and O–H groups in total. The van der Waals surface area contributed by atoms with Crippen molar-refractivity contribution in [2.75, 3.05) is 5.32 Å². The molecule has 6 heteroatoms. The molecule has 0 radical (unpaired) electrons. The van der Waals surface area contributed by atoms with Gasteiger partial charge in [0.05, 0.1) is 4.92 Å². The van der Waals surface area contributed by atoms with E-state index < -0.39 is 4.92 Å². The first kappa shape index (κ1) is 13.1. The number of nitro benzene ring substituents is 1. The molecule has 2 rings (SSSR count). The average Bonchev–Trinajstić information content (AvgIpc) is 2.81. The topological polar surface area (TPSA) is 79.0 Å². The maximum absolute atomic E-state index is 10.7. The summed E-state index contributed by atoms with van der Waals surface area (Å²) in [6, 6.07) is 8.35. The number of thiophene rings is 1. The first-order valence-corrected chi connectivity index (χ1v) is 6.45. The van der Waals surface area contributed by atoms with Crippen LogP contribution in [0.1, 0.15) is 16.0 Å². The fraction of sp³-hybridized carbons (Fsp3) is 0.154. The fourth-order valence-electron chi connectivity index (χ4n) is 1.66. The number of rotatable bonds is 4. The highest BCUT2D eigenvalue weighted by atomic mass is 32.1. The first-order chi connectivity index (χ1) is 9.11. The van der Waals surface area contributed by atoms with Gasteiger partial charge >= 0.3 is 0 Å². The Labute approximate surface area is 114 Å². The Bertz CT molecular complexity index is 658. The SMILES string of the molecule is Cc1ccsc1CNc1ccc([N+](=O)[O-])c(C#N)c1. The van der Waals surface area contributed by atoms with E-state index in [1.165, 1.54) is 22.6 Å². The average molecular weight is 273 g/mol. The summed E-state index contributed by atoms with van der Waals surface area (Å²) < 4.78 is 0. The van der Waals surface area contributed by atoms with E-state index in [0.29, 0.717) is 12.2 Å². The molecule has 0 atom stereocenters. The van der Waals surface area contributed by atoms with Gasteiger partial charge in [-0.05, 0) is 36.1 Å². The molecule has 0 bridgehead atoms. The van der Waals surface area contributed by atoms with Gasteiger partial charge in [-0.3, -0.25) is 10.1 Å². The van der Waals surface area contributed by atoms with Gasteiger partial charge in [0.2, 0.25) is 0 Å². The molecule has 0 saturated carbocycles. The van der Waals surface area contributed by atoms with Gasteiger partial charge in [-0.1, -0.05) is 0 Å². The van der Waals surface area contributed by atoms with Gasteiger partial charge in [0.1, 0.15) is 11.6 Å². The van der Waals surface area contributed by atoms with E-state index in [9.17, 15) is 10.1 Å². The smallest absolute Gasteiger partial charge is 0.287 e. The van der Waals surface area contributed by atoms with Gasteiger partial charge in [-0.2, -0.15) is 5.26 Å². The van der Waals surface area contributed by atoms with Gasteiger partial charge in [-0.15, -0.1) is 11.3 Å². The predicted molar refractivity (Wildman–Crippen MR) is 74.2 cm³/mol. The van der Waals surface area contributed by atoms with Crippen LogP contribution in [-0.4, -0.2) is 4.92 Å². The van der Waals surface area contributed by atoms with Crippen LogP contribution in [0, 0.1) is 28.4 Å². The van der Waals surface area contributed by atoms with Crippen LogP contribution in [0.3, 0.4) is 0 Å². The van der Waals surface area contributed by atoms with Crippen molar-refractivity contribution in [1.29, 1.82) is 5.26 Å². The summed E-state index contributed by atoms with van der Waals surface area (Å²) >= 11 is 1.65. The molecule has 1 aromatic heterocycles. The molecular weight excluding hydrogens is 262 g/mol. The zero-order valence-corrected chi connectivity index (χ0v) is 11.0. The van der Waals surface area contributed by atoms with Crippen molar-refractivity contribution in [1.82, 2.24) is 0 Å². The molecule has 1 heterocycles. The van der Waals surface area contributed by atoms with Crippen LogP contribution in [0.4, 0.5) is 11.4 Å². The highest BCUT2D eigenvalue weighted by molar-refractivity contribution is 7.10. The van der Waals surface area contributed by atoms with Crippen molar-refractivity contribution in [2.24, 2.45) is 0 Å². The molecule has 2 aromatic rings. The highest BCUT2D eigenvalue weighted by Crippen LogP contribution is 2.23. The third-order valence-corrected chi connectivity index (χ3v) is 3.76. The molecular formula is C13H11N3O2S. The molecule has 0 saturated heterocycles. The number of nitrogens with zero attached hydrogens (tertiary/aromatic N) is 2. The predicted octanol–water partition coefficient (Wildman–Crippen LogP) is 3.45. The zero-order chi connectivity index (χ0) is 13.8. The van der Waals surface area contributed by atoms with E-state index in [1.54, 1.807) is 17.4 Å². The van der Waals surface area contributed by atoms with Crippen molar-refractivity contribution in [3.8, 4) is 6.07 Å². The second kappa shape index (κ2) is 5.50. The number of nitrogens with one attached hydrogen (secondary N) is 1. The maximum atomic E-state index is 10.7. The monoisotopic (exact) mass is 273 g/mol. The molecule has 0 aliphatic heterocycles. The lowest BCUT2D eigenvalue weighted by molar-refractivity contribution is -0.385. The Morgan fingerprint density at radius 2 is 2.26 bits per heavy atom. The summed E-state index contributed by atoms with van der Waals surface area (Å²) in [5, 5.41) is 24.8. The minimum atomic E-state index is -0.550. The van der Waals surface area contributed by atoms with E-state index in [2.05, 4.69) is 5.32 Å². The molecule has 0 aliphatic rings. The van der Waals surface area contributed by atoms with Crippen molar-refractivity contribution < 1.29 is 4.92 Å². The molecule has 0 fully saturated rings. The van der Waals surface area contributed by atoms with E-state index in [0.717, 1.165) is 0 Å². The van der Waals surface area contributed by atoms with E-state index in [1.807, 2.05) is 24.4 Å². The quantitative estimate of drug-likeness (QED) is 0.683. The maximum Gasteiger partial charge on any atom is 0.287 e. The van der Waals surface area contributed by atoms with Gasteiger partial charge in [0.25, 0.3) is 5.69 Å². The van der Waals surface area contributed by atoms with Crippen molar-refractivity contribution in [3.05, 3.63) is 55.8 Å². The van der Waals surface area contributed by atoms with E-state index in [4.69, 9.17) is 5.26 Å². The summed E-state index contributed by atoms with van der Waals surface area (Å²) in [7, 11) is 0. The first-order valence-electron chi connectivity index (χ1n) is 5.57. The van der Waals surface area contributed by atoms with Crippen LogP contribution in [0.15, 0.2) is 29.6 Å². The molecule has 96 valence electrons. The number of nitro groups is 1. The van der Waals surface area contributed by atoms with E-state index in [-0.39, 0.29) is 11.3 Å². The number of hydrogen-bond acceptors (Lipinski definition) is 5. The summed E-state index contributed by atoms with van der Waals surface area (Å²) in [6.07, 6.45) is 0. The lowest BCUT2D eigenvalue weighted by Gasteiger charge is -2.06.